The van der Waals surface area contributed by atoms with E-state index in [1.165, 1.54) is 17.5 Å². The minimum atomic E-state index is -0.178. The maximum atomic E-state index is 11.8. The van der Waals surface area contributed by atoms with Crippen LogP contribution in [0.15, 0.2) is 23.7 Å². The zero-order valence-electron chi connectivity index (χ0n) is 8.40. The molecule has 0 unspecified atom stereocenters. The first kappa shape index (κ1) is 11.0. The van der Waals surface area contributed by atoms with Gasteiger partial charge in [0.2, 0.25) is 5.28 Å². The van der Waals surface area contributed by atoms with Crippen molar-refractivity contribution in [2.75, 3.05) is 5.32 Å². The maximum absolute atomic E-state index is 11.8. The Balaban J connectivity index is 2.17. The Morgan fingerprint density at radius 1 is 1.50 bits per heavy atom. The third-order valence-corrected chi connectivity index (χ3v) is 3.13. The number of hydrogen-bond acceptors (Lipinski definition) is 4. The highest BCUT2D eigenvalue weighted by Crippen LogP contribution is 2.17. The largest absolute Gasteiger partial charge is 0.306 e. The summed E-state index contributed by atoms with van der Waals surface area (Å²) in [7, 11) is 0. The highest BCUT2D eigenvalue weighted by atomic mass is 35.5. The van der Waals surface area contributed by atoms with E-state index in [1.807, 2.05) is 18.4 Å². The maximum Gasteiger partial charge on any atom is 0.267 e. The zero-order valence-corrected chi connectivity index (χ0v) is 9.97. The Morgan fingerprint density at radius 2 is 2.31 bits per heavy atom. The normalized spacial score (nSPS) is 10.1. The number of rotatable bonds is 2. The minimum absolute atomic E-state index is 0.112. The number of nitrogens with zero attached hydrogens (tertiary/aromatic N) is 2. The van der Waals surface area contributed by atoms with Crippen molar-refractivity contribution in [1.82, 2.24) is 9.97 Å². The molecule has 0 saturated heterocycles. The van der Waals surface area contributed by atoms with Crippen LogP contribution >= 0.6 is 22.9 Å². The number of hydrogen-bond donors (Lipinski definition) is 1. The zero-order chi connectivity index (χ0) is 11.5. The SMILES string of the molecule is Cc1ccsc1C(=O)Nc1ccnc(Cl)n1. The molecule has 4 nitrogen and oxygen atoms in total. The molecule has 0 aliphatic rings. The van der Waals surface area contributed by atoms with Crippen molar-refractivity contribution in [3.8, 4) is 0 Å². The van der Waals surface area contributed by atoms with E-state index in [0.29, 0.717) is 10.7 Å². The van der Waals surface area contributed by atoms with Crippen molar-refractivity contribution < 1.29 is 4.79 Å². The number of carbonyl (C=O) groups is 1. The number of anilines is 1. The highest BCUT2D eigenvalue weighted by molar-refractivity contribution is 7.12. The van der Waals surface area contributed by atoms with E-state index in [2.05, 4.69) is 15.3 Å². The predicted molar refractivity (Wildman–Crippen MR) is 64.1 cm³/mol. The summed E-state index contributed by atoms with van der Waals surface area (Å²) in [5.74, 6) is 0.222. The molecular weight excluding hydrogens is 246 g/mol. The van der Waals surface area contributed by atoms with E-state index in [4.69, 9.17) is 11.6 Å². The molecule has 2 aromatic rings. The summed E-state index contributed by atoms with van der Waals surface area (Å²) in [6.07, 6.45) is 1.49. The fourth-order valence-corrected chi connectivity index (χ4v) is 2.15. The highest BCUT2D eigenvalue weighted by Gasteiger charge is 2.11. The van der Waals surface area contributed by atoms with Crippen LogP contribution in [0.25, 0.3) is 0 Å². The lowest BCUT2D eigenvalue weighted by Gasteiger charge is -2.02. The fraction of sp³-hybridized carbons (Fsp3) is 0.100. The topological polar surface area (TPSA) is 54.9 Å². The number of aryl methyl sites for hydroxylation is 1. The Kier molecular flexibility index (Phi) is 3.17. The molecular formula is C10H8ClN3OS. The van der Waals surface area contributed by atoms with Crippen LogP contribution in [-0.2, 0) is 0 Å². The van der Waals surface area contributed by atoms with Gasteiger partial charge < -0.3 is 5.32 Å². The van der Waals surface area contributed by atoms with Gasteiger partial charge in [-0.2, -0.15) is 0 Å². The van der Waals surface area contributed by atoms with Gasteiger partial charge in [-0.05, 0) is 41.6 Å². The van der Waals surface area contributed by atoms with Crippen LogP contribution in [0, 0.1) is 6.92 Å². The Bertz CT molecular complexity index is 526. The van der Waals surface area contributed by atoms with Gasteiger partial charge in [0.15, 0.2) is 0 Å². The van der Waals surface area contributed by atoms with Crippen LogP contribution in [0.1, 0.15) is 15.2 Å². The second-order valence-electron chi connectivity index (χ2n) is 3.10. The van der Waals surface area contributed by atoms with E-state index in [0.717, 1.165) is 5.56 Å². The number of nitrogens with one attached hydrogen (secondary N) is 1. The molecule has 0 bridgehead atoms. The molecule has 1 N–H and O–H groups in total. The molecule has 2 heterocycles. The van der Waals surface area contributed by atoms with Crippen molar-refractivity contribution in [2.45, 2.75) is 6.92 Å². The molecule has 2 aromatic heterocycles. The Hall–Kier alpha value is -1.46. The molecule has 2 rings (SSSR count). The summed E-state index contributed by atoms with van der Waals surface area (Å²) < 4.78 is 0. The van der Waals surface area contributed by atoms with Crippen LogP contribution in [0.4, 0.5) is 5.82 Å². The van der Waals surface area contributed by atoms with Gasteiger partial charge in [0.1, 0.15) is 5.82 Å². The smallest absolute Gasteiger partial charge is 0.267 e. The first-order valence-corrected chi connectivity index (χ1v) is 5.76. The molecule has 0 spiro atoms. The van der Waals surface area contributed by atoms with Crippen molar-refractivity contribution in [1.29, 1.82) is 0 Å². The van der Waals surface area contributed by atoms with Crippen molar-refractivity contribution >= 4 is 34.7 Å². The fourth-order valence-electron chi connectivity index (χ4n) is 1.18. The molecule has 0 aliphatic carbocycles. The van der Waals surface area contributed by atoms with Gasteiger partial charge in [0, 0.05) is 6.20 Å². The summed E-state index contributed by atoms with van der Waals surface area (Å²) in [5.41, 5.74) is 0.947. The van der Waals surface area contributed by atoms with Crippen molar-refractivity contribution in [3.05, 3.63) is 39.4 Å². The monoisotopic (exact) mass is 253 g/mol. The molecule has 82 valence electrons. The van der Waals surface area contributed by atoms with E-state index < -0.39 is 0 Å². The molecule has 0 aliphatic heterocycles. The predicted octanol–water partition coefficient (Wildman–Crippen LogP) is 2.75. The minimum Gasteiger partial charge on any atom is -0.306 e. The third-order valence-electron chi connectivity index (χ3n) is 1.94. The van der Waals surface area contributed by atoms with Gasteiger partial charge in [-0.15, -0.1) is 11.3 Å². The van der Waals surface area contributed by atoms with Crippen molar-refractivity contribution in [3.63, 3.8) is 0 Å². The molecule has 6 heteroatoms. The van der Waals surface area contributed by atoms with Gasteiger partial charge >= 0.3 is 0 Å². The van der Waals surface area contributed by atoms with Crippen LogP contribution in [-0.4, -0.2) is 15.9 Å². The summed E-state index contributed by atoms with van der Waals surface area (Å²) >= 11 is 7.01. The van der Waals surface area contributed by atoms with Gasteiger partial charge in [0.25, 0.3) is 5.91 Å². The molecule has 0 atom stereocenters. The van der Waals surface area contributed by atoms with Crippen LogP contribution in [0.5, 0.6) is 0 Å². The molecule has 0 saturated carbocycles. The number of halogens is 1. The number of thiophene rings is 1. The van der Waals surface area contributed by atoms with Crippen LogP contribution in [0.3, 0.4) is 0 Å². The summed E-state index contributed by atoms with van der Waals surface area (Å²) in [5, 5.41) is 4.65. The molecule has 0 fully saturated rings. The van der Waals surface area contributed by atoms with Crippen LogP contribution < -0.4 is 5.32 Å². The number of aromatic nitrogens is 2. The van der Waals surface area contributed by atoms with Gasteiger partial charge in [-0.3, -0.25) is 4.79 Å². The average Bonchev–Trinajstić information content (AvgIpc) is 2.64. The number of carbonyl (C=O) groups excluding carboxylic acids is 1. The molecule has 0 aromatic carbocycles. The lowest BCUT2D eigenvalue weighted by Crippen LogP contribution is -2.12. The molecule has 0 radical (unpaired) electrons. The van der Waals surface area contributed by atoms with Gasteiger partial charge in [-0.1, -0.05) is 0 Å². The van der Waals surface area contributed by atoms with Crippen LogP contribution in [0.2, 0.25) is 5.28 Å². The average molecular weight is 254 g/mol. The van der Waals surface area contributed by atoms with E-state index in [-0.39, 0.29) is 11.2 Å². The molecule has 16 heavy (non-hydrogen) atoms. The second-order valence-corrected chi connectivity index (χ2v) is 4.35. The Morgan fingerprint density at radius 3 is 2.94 bits per heavy atom. The third kappa shape index (κ3) is 2.37. The quantitative estimate of drug-likeness (QED) is 0.838. The number of amides is 1. The Labute approximate surface area is 101 Å². The standard InChI is InChI=1S/C10H8ClN3OS/c1-6-3-5-16-8(6)9(15)13-7-2-4-12-10(11)14-7/h2-5H,1H3,(H,12,13,14,15). The second kappa shape index (κ2) is 4.59. The lowest BCUT2D eigenvalue weighted by atomic mass is 10.3. The van der Waals surface area contributed by atoms with Gasteiger partial charge in [0.05, 0.1) is 4.88 Å². The molecule has 1 amide bonds. The van der Waals surface area contributed by atoms with E-state index in [1.54, 1.807) is 6.07 Å². The summed E-state index contributed by atoms with van der Waals surface area (Å²) in [4.78, 5) is 20.1. The summed E-state index contributed by atoms with van der Waals surface area (Å²) in [6, 6.07) is 3.49. The lowest BCUT2D eigenvalue weighted by molar-refractivity contribution is 0.102. The first-order chi connectivity index (χ1) is 7.66. The van der Waals surface area contributed by atoms with Gasteiger partial charge in [-0.25, -0.2) is 9.97 Å². The van der Waals surface area contributed by atoms with E-state index in [9.17, 15) is 4.79 Å². The first-order valence-electron chi connectivity index (χ1n) is 4.51. The van der Waals surface area contributed by atoms with E-state index >= 15 is 0 Å². The van der Waals surface area contributed by atoms with Crippen molar-refractivity contribution in [2.24, 2.45) is 0 Å². The summed E-state index contributed by atoms with van der Waals surface area (Å²) in [6.45, 7) is 1.89.